The summed E-state index contributed by atoms with van der Waals surface area (Å²) in [5.41, 5.74) is 0.656. The Labute approximate surface area is 155 Å². The largest absolute Gasteiger partial charge is 0.497 e. The molecule has 1 atom stereocenters. The summed E-state index contributed by atoms with van der Waals surface area (Å²) < 4.78 is 10.6. The Morgan fingerprint density at radius 1 is 1.38 bits per heavy atom. The van der Waals surface area contributed by atoms with Crippen molar-refractivity contribution >= 4 is 23.2 Å². The van der Waals surface area contributed by atoms with Crippen LogP contribution in [-0.2, 0) is 28.1 Å². The minimum absolute atomic E-state index is 0.236. The SMILES string of the molecule is COc1cccc(C(C)(CC(=O)O)NC(=O)c2cc3c(s2)CCOC3)c1. The molecular formula is C19H21NO5S. The van der Waals surface area contributed by atoms with Crippen LogP contribution in [0.25, 0.3) is 0 Å². The lowest BCUT2D eigenvalue weighted by molar-refractivity contribution is -0.138. The first-order valence-electron chi connectivity index (χ1n) is 8.29. The van der Waals surface area contributed by atoms with Crippen molar-refractivity contribution in [2.75, 3.05) is 13.7 Å². The molecule has 1 amide bonds. The highest BCUT2D eigenvalue weighted by Gasteiger charge is 2.33. The smallest absolute Gasteiger partial charge is 0.306 e. The first kappa shape index (κ1) is 18.4. The third kappa shape index (κ3) is 3.89. The second kappa shape index (κ2) is 7.47. The predicted octanol–water partition coefficient (Wildman–Crippen LogP) is 2.95. The Kier molecular flexibility index (Phi) is 5.29. The van der Waals surface area contributed by atoms with Crippen molar-refractivity contribution < 1.29 is 24.2 Å². The van der Waals surface area contributed by atoms with Crippen molar-refractivity contribution in [3.05, 3.63) is 51.2 Å². The zero-order chi connectivity index (χ0) is 18.7. The number of carbonyl (C=O) groups is 2. The van der Waals surface area contributed by atoms with Crippen LogP contribution in [0.2, 0.25) is 0 Å². The highest BCUT2D eigenvalue weighted by atomic mass is 32.1. The molecule has 138 valence electrons. The van der Waals surface area contributed by atoms with Crippen LogP contribution in [0, 0.1) is 0 Å². The van der Waals surface area contributed by atoms with Crippen LogP contribution in [0.5, 0.6) is 5.75 Å². The third-order valence-corrected chi connectivity index (χ3v) is 5.69. The Morgan fingerprint density at radius 2 is 2.19 bits per heavy atom. The normalized spacial score (nSPS) is 15.6. The number of carboxylic acids is 1. The van der Waals surface area contributed by atoms with E-state index in [2.05, 4.69) is 5.32 Å². The van der Waals surface area contributed by atoms with Gasteiger partial charge in [0.15, 0.2) is 0 Å². The summed E-state index contributed by atoms with van der Waals surface area (Å²) in [6, 6.07) is 8.93. The van der Waals surface area contributed by atoms with Gasteiger partial charge in [0.2, 0.25) is 0 Å². The summed E-state index contributed by atoms with van der Waals surface area (Å²) in [7, 11) is 1.55. The van der Waals surface area contributed by atoms with Crippen LogP contribution >= 0.6 is 11.3 Å². The van der Waals surface area contributed by atoms with Crippen LogP contribution in [0.15, 0.2) is 30.3 Å². The number of hydrogen-bond donors (Lipinski definition) is 2. The molecule has 1 aliphatic rings. The number of carboxylic acid groups (broad SMARTS) is 1. The fourth-order valence-electron chi connectivity index (χ4n) is 3.06. The molecule has 0 saturated carbocycles. The van der Waals surface area contributed by atoms with E-state index in [1.54, 1.807) is 38.3 Å². The molecule has 1 aromatic heterocycles. The number of thiophene rings is 1. The van der Waals surface area contributed by atoms with Gasteiger partial charge < -0.3 is 19.9 Å². The lowest BCUT2D eigenvalue weighted by Gasteiger charge is -2.30. The summed E-state index contributed by atoms with van der Waals surface area (Å²) in [6.07, 6.45) is 0.565. The maximum absolute atomic E-state index is 12.8. The number of carbonyl (C=O) groups excluding carboxylic acids is 1. The number of amides is 1. The first-order valence-corrected chi connectivity index (χ1v) is 9.11. The average molecular weight is 375 g/mol. The molecule has 2 heterocycles. The van der Waals surface area contributed by atoms with Gasteiger partial charge in [0.1, 0.15) is 5.75 Å². The van der Waals surface area contributed by atoms with Gasteiger partial charge in [-0.25, -0.2) is 0 Å². The number of ether oxygens (including phenoxy) is 2. The molecule has 2 aromatic rings. The summed E-state index contributed by atoms with van der Waals surface area (Å²) >= 11 is 1.44. The van der Waals surface area contributed by atoms with Crippen LogP contribution in [0.1, 0.15) is 39.0 Å². The zero-order valence-electron chi connectivity index (χ0n) is 14.7. The highest BCUT2D eigenvalue weighted by molar-refractivity contribution is 7.14. The average Bonchev–Trinajstić information content (AvgIpc) is 3.05. The van der Waals surface area contributed by atoms with E-state index in [0.29, 0.717) is 29.4 Å². The molecule has 6 nitrogen and oxygen atoms in total. The molecule has 1 aliphatic heterocycles. The molecule has 1 unspecified atom stereocenters. The summed E-state index contributed by atoms with van der Waals surface area (Å²) in [5.74, 6) is -0.664. The molecule has 0 spiro atoms. The number of rotatable bonds is 6. The van der Waals surface area contributed by atoms with E-state index in [4.69, 9.17) is 9.47 Å². The molecule has 3 rings (SSSR count). The van der Waals surface area contributed by atoms with E-state index in [1.807, 2.05) is 6.07 Å². The van der Waals surface area contributed by atoms with Gasteiger partial charge in [-0.05, 0) is 36.2 Å². The van der Waals surface area contributed by atoms with Gasteiger partial charge in [-0.1, -0.05) is 12.1 Å². The molecule has 0 aliphatic carbocycles. The van der Waals surface area contributed by atoms with Gasteiger partial charge in [0.25, 0.3) is 5.91 Å². The van der Waals surface area contributed by atoms with Crippen molar-refractivity contribution in [3.63, 3.8) is 0 Å². The molecule has 0 saturated heterocycles. The van der Waals surface area contributed by atoms with Crippen molar-refractivity contribution in [1.82, 2.24) is 5.32 Å². The lowest BCUT2D eigenvalue weighted by atomic mass is 9.88. The van der Waals surface area contributed by atoms with Crippen LogP contribution < -0.4 is 10.1 Å². The van der Waals surface area contributed by atoms with Crippen molar-refractivity contribution in [1.29, 1.82) is 0 Å². The third-order valence-electron chi connectivity index (χ3n) is 4.45. The topological polar surface area (TPSA) is 84.9 Å². The zero-order valence-corrected chi connectivity index (χ0v) is 15.5. The minimum Gasteiger partial charge on any atom is -0.497 e. The minimum atomic E-state index is -1.06. The summed E-state index contributed by atoms with van der Waals surface area (Å²) in [4.78, 5) is 26.0. The molecule has 0 bridgehead atoms. The Morgan fingerprint density at radius 3 is 2.88 bits per heavy atom. The van der Waals surface area contributed by atoms with Crippen molar-refractivity contribution in [3.8, 4) is 5.75 Å². The number of nitrogens with one attached hydrogen (secondary N) is 1. The number of benzene rings is 1. The van der Waals surface area contributed by atoms with Gasteiger partial charge in [0, 0.05) is 11.3 Å². The quantitative estimate of drug-likeness (QED) is 0.811. The van der Waals surface area contributed by atoms with E-state index in [0.717, 1.165) is 16.9 Å². The van der Waals surface area contributed by atoms with E-state index in [1.165, 1.54) is 11.3 Å². The maximum Gasteiger partial charge on any atom is 0.306 e. The second-order valence-corrected chi connectivity index (χ2v) is 7.59. The monoisotopic (exact) mass is 375 g/mol. The molecule has 0 radical (unpaired) electrons. The highest BCUT2D eigenvalue weighted by Crippen LogP contribution is 2.31. The predicted molar refractivity (Wildman–Crippen MR) is 97.7 cm³/mol. The number of methoxy groups -OCH3 is 1. The number of fused-ring (bicyclic) bond motifs is 1. The molecule has 1 aromatic carbocycles. The molecule has 2 N–H and O–H groups in total. The van der Waals surface area contributed by atoms with Gasteiger partial charge in [0.05, 0.1) is 37.2 Å². The van der Waals surface area contributed by atoms with Gasteiger partial charge >= 0.3 is 5.97 Å². The molecule has 7 heteroatoms. The fraction of sp³-hybridized carbons (Fsp3) is 0.368. The van der Waals surface area contributed by atoms with Gasteiger partial charge in [-0.3, -0.25) is 9.59 Å². The molecule has 26 heavy (non-hydrogen) atoms. The Hall–Kier alpha value is -2.38. The van der Waals surface area contributed by atoms with Crippen LogP contribution in [0.3, 0.4) is 0 Å². The van der Waals surface area contributed by atoms with Crippen molar-refractivity contribution in [2.24, 2.45) is 0 Å². The van der Waals surface area contributed by atoms with Crippen molar-refractivity contribution in [2.45, 2.75) is 31.9 Å². The van der Waals surface area contributed by atoms with Gasteiger partial charge in [-0.2, -0.15) is 0 Å². The van der Waals surface area contributed by atoms with E-state index >= 15 is 0 Å². The standard InChI is InChI=1S/C19H21NO5S/c1-19(10-17(21)22,13-4-3-5-14(9-13)24-2)20-18(23)16-8-12-11-25-7-6-15(12)26-16/h3-5,8-9H,6-7,10-11H2,1-2H3,(H,20,23)(H,21,22). The summed E-state index contributed by atoms with van der Waals surface area (Å²) in [5, 5.41) is 12.3. The van der Waals surface area contributed by atoms with Gasteiger partial charge in [-0.15, -0.1) is 11.3 Å². The Bertz CT molecular complexity index is 808. The van der Waals surface area contributed by atoms with E-state index in [-0.39, 0.29) is 12.3 Å². The summed E-state index contributed by atoms with van der Waals surface area (Å²) in [6.45, 7) is 2.89. The fourth-order valence-corrected chi connectivity index (χ4v) is 4.10. The van der Waals surface area contributed by atoms with E-state index in [9.17, 15) is 14.7 Å². The van der Waals surface area contributed by atoms with Crippen LogP contribution in [0.4, 0.5) is 0 Å². The molecular weight excluding hydrogens is 354 g/mol. The maximum atomic E-state index is 12.8. The number of hydrogen-bond acceptors (Lipinski definition) is 5. The molecule has 0 fully saturated rings. The van der Waals surface area contributed by atoms with E-state index < -0.39 is 11.5 Å². The first-order chi connectivity index (χ1) is 12.4. The second-order valence-electron chi connectivity index (χ2n) is 6.45. The lowest BCUT2D eigenvalue weighted by Crippen LogP contribution is -2.44. The number of aliphatic carboxylic acids is 1. The Balaban J connectivity index is 1.88. The van der Waals surface area contributed by atoms with Crippen LogP contribution in [-0.4, -0.2) is 30.7 Å².